The number of nitro groups is 1. The molecule has 1 aromatic rings. The van der Waals surface area contributed by atoms with E-state index in [9.17, 15) is 14.9 Å². The molecule has 0 aliphatic heterocycles. The first kappa shape index (κ1) is 13.7. The Morgan fingerprint density at radius 3 is 2.59 bits per heavy atom. The predicted octanol–water partition coefficient (Wildman–Crippen LogP) is 1.84. The molecule has 1 amide bonds. The molecule has 0 saturated heterocycles. The van der Waals surface area contributed by atoms with Gasteiger partial charge in [-0.3, -0.25) is 4.79 Å². The number of carbonyl (C=O) groups is 1. The third kappa shape index (κ3) is 3.06. The minimum Gasteiger partial charge on any atom is -0.358 e. The molecule has 1 N–H and O–H groups in total. The number of hydrogen-bond donors (Lipinski definition) is 1. The van der Waals surface area contributed by atoms with Crippen LogP contribution in [0.5, 0.6) is 0 Å². The van der Waals surface area contributed by atoms with Gasteiger partial charge in [-0.05, 0) is 24.8 Å². The lowest BCUT2D eigenvalue weighted by Crippen LogP contribution is -2.45. The first-order valence-corrected chi connectivity index (χ1v) is 6.09. The number of aromatic nitrogens is 1. The van der Waals surface area contributed by atoms with Crippen molar-refractivity contribution in [3.8, 4) is 0 Å². The molecule has 7 heteroatoms. The molecule has 0 aliphatic carbocycles. The van der Waals surface area contributed by atoms with Gasteiger partial charge < -0.3 is 15.4 Å². The largest absolute Gasteiger partial charge is 0.358 e. The van der Waals surface area contributed by atoms with E-state index in [0.29, 0.717) is 5.33 Å². The number of rotatable bonds is 4. The van der Waals surface area contributed by atoms with E-state index in [1.54, 1.807) is 0 Å². The van der Waals surface area contributed by atoms with E-state index < -0.39 is 10.5 Å². The molecule has 0 aromatic carbocycles. The molecule has 0 bridgehead atoms. The molecule has 1 aromatic heterocycles. The van der Waals surface area contributed by atoms with Gasteiger partial charge in [-0.1, -0.05) is 15.9 Å². The van der Waals surface area contributed by atoms with Crippen molar-refractivity contribution in [3.63, 3.8) is 0 Å². The number of carbonyl (C=O) groups excluding carboxylic acids is 1. The van der Waals surface area contributed by atoms with Crippen LogP contribution in [0.2, 0.25) is 0 Å². The van der Waals surface area contributed by atoms with Crippen molar-refractivity contribution in [2.45, 2.75) is 19.4 Å². The van der Waals surface area contributed by atoms with Crippen LogP contribution in [0.3, 0.4) is 0 Å². The quantitative estimate of drug-likeness (QED) is 0.524. The number of nitrogens with one attached hydrogen (secondary N) is 1. The highest BCUT2D eigenvalue weighted by Crippen LogP contribution is 2.16. The molecule has 0 unspecified atom stereocenters. The number of halogens is 1. The van der Waals surface area contributed by atoms with Gasteiger partial charge in [0.15, 0.2) is 5.69 Å². The Labute approximate surface area is 107 Å². The molecule has 0 radical (unpaired) electrons. The zero-order valence-electron chi connectivity index (χ0n) is 9.86. The zero-order valence-corrected chi connectivity index (χ0v) is 11.4. The number of hydrogen-bond acceptors (Lipinski definition) is 3. The summed E-state index contributed by atoms with van der Waals surface area (Å²) < 4.78 is 1.26. The van der Waals surface area contributed by atoms with Gasteiger partial charge in [0.25, 0.3) is 5.91 Å². The minimum atomic E-state index is -0.521. The number of nitrogens with zero attached hydrogens (tertiary/aromatic N) is 2. The SMILES string of the molecule is Cn1c(C(=O)NC(C)(C)CBr)ccc1[N+](=O)[O-]. The lowest BCUT2D eigenvalue weighted by atomic mass is 10.1. The third-order valence-electron chi connectivity index (χ3n) is 2.30. The summed E-state index contributed by atoms with van der Waals surface area (Å²) >= 11 is 3.29. The maximum atomic E-state index is 11.9. The first-order chi connectivity index (χ1) is 7.78. The summed E-state index contributed by atoms with van der Waals surface area (Å²) in [7, 11) is 1.49. The highest BCUT2D eigenvalue weighted by molar-refractivity contribution is 9.09. The van der Waals surface area contributed by atoms with Crippen LogP contribution in [0.4, 0.5) is 5.82 Å². The highest BCUT2D eigenvalue weighted by Gasteiger charge is 2.25. The Kier molecular flexibility index (Phi) is 3.92. The third-order valence-corrected chi connectivity index (χ3v) is 3.70. The summed E-state index contributed by atoms with van der Waals surface area (Å²) in [4.78, 5) is 22.0. The lowest BCUT2D eigenvalue weighted by Gasteiger charge is -2.22. The van der Waals surface area contributed by atoms with Gasteiger partial charge in [-0.15, -0.1) is 0 Å². The Hall–Kier alpha value is -1.37. The first-order valence-electron chi connectivity index (χ1n) is 4.97. The molecule has 94 valence electrons. The molecule has 0 aliphatic rings. The fourth-order valence-corrected chi connectivity index (χ4v) is 1.46. The van der Waals surface area contributed by atoms with Crippen molar-refractivity contribution in [1.29, 1.82) is 0 Å². The molecular weight excluding hydrogens is 290 g/mol. The van der Waals surface area contributed by atoms with Crippen LogP contribution in [0, 0.1) is 10.1 Å². The molecule has 0 saturated carbocycles. The van der Waals surface area contributed by atoms with E-state index in [1.807, 2.05) is 13.8 Å². The summed E-state index contributed by atoms with van der Waals surface area (Å²) in [5.41, 5.74) is -0.137. The number of amides is 1. The van der Waals surface area contributed by atoms with Crippen LogP contribution < -0.4 is 5.32 Å². The fourth-order valence-electron chi connectivity index (χ4n) is 1.32. The van der Waals surface area contributed by atoms with E-state index in [2.05, 4.69) is 21.2 Å². The van der Waals surface area contributed by atoms with Gasteiger partial charge in [0.2, 0.25) is 0 Å². The van der Waals surface area contributed by atoms with Crippen LogP contribution in [-0.2, 0) is 7.05 Å². The summed E-state index contributed by atoms with van der Waals surface area (Å²) in [5, 5.41) is 14.0. The second-order valence-electron chi connectivity index (χ2n) is 4.36. The Morgan fingerprint density at radius 1 is 1.59 bits per heavy atom. The smallest absolute Gasteiger partial charge is 0.323 e. The molecular formula is C10H14BrN3O3. The lowest BCUT2D eigenvalue weighted by molar-refractivity contribution is -0.391. The fraction of sp³-hybridized carbons (Fsp3) is 0.500. The Balaban J connectivity index is 2.95. The molecule has 6 nitrogen and oxygen atoms in total. The Bertz CT molecular complexity index is 454. The standard InChI is InChI=1S/C10H14BrN3O3/c1-10(2,6-11)12-9(15)7-4-5-8(13(7)3)14(16)17/h4-5H,6H2,1-3H3,(H,12,15). The zero-order chi connectivity index (χ0) is 13.2. The van der Waals surface area contributed by atoms with E-state index in [-0.39, 0.29) is 17.4 Å². The molecule has 1 heterocycles. The van der Waals surface area contributed by atoms with Gasteiger partial charge >= 0.3 is 5.82 Å². The second-order valence-corrected chi connectivity index (χ2v) is 4.93. The van der Waals surface area contributed by atoms with E-state index in [0.717, 1.165) is 0 Å². The second kappa shape index (κ2) is 4.87. The number of alkyl halides is 1. The van der Waals surface area contributed by atoms with Crippen LogP contribution in [0.25, 0.3) is 0 Å². The van der Waals surface area contributed by atoms with Gasteiger partial charge in [0.05, 0.1) is 7.05 Å². The van der Waals surface area contributed by atoms with Crippen molar-refractivity contribution in [2.24, 2.45) is 7.05 Å². The van der Waals surface area contributed by atoms with Gasteiger partial charge in [-0.2, -0.15) is 0 Å². The van der Waals surface area contributed by atoms with Gasteiger partial charge in [0, 0.05) is 16.9 Å². The molecule has 17 heavy (non-hydrogen) atoms. The molecule has 0 atom stereocenters. The average Bonchev–Trinajstić information content (AvgIpc) is 2.59. The van der Waals surface area contributed by atoms with E-state index in [4.69, 9.17) is 0 Å². The molecule has 0 fully saturated rings. The molecule has 0 spiro atoms. The van der Waals surface area contributed by atoms with Crippen molar-refractivity contribution in [2.75, 3.05) is 5.33 Å². The van der Waals surface area contributed by atoms with Crippen molar-refractivity contribution in [3.05, 3.63) is 27.9 Å². The van der Waals surface area contributed by atoms with Gasteiger partial charge in [0.1, 0.15) is 0 Å². The average molecular weight is 304 g/mol. The maximum Gasteiger partial charge on any atom is 0.323 e. The van der Waals surface area contributed by atoms with Crippen molar-refractivity contribution in [1.82, 2.24) is 9.88 Å². The minimum absolute atomic E-state index is 0.105. The van der Waals surface area contributed by atoms with Crippen LogP contribution in [-0.4, -0.2) is 26.3 Å². The summed E-state index contributed by atoms with van der Waals surface area (Å²) in [6.07, 6.45) is 0. The maximum absolute atomic E-state index is 11.9. The summed E-state index contributed by atoms with van der Waals surface area (Å²) in [6, 6.07) is 2.76. The van der Waals surface area contributed by atoms with Crippen molar-refractivity contribution >= 4 is 27.7 Å². The topological polar surface area (TPSA) is 77.2 Å². The van der Waals surface area contributed by atoms with Crippen LogP contribution in [0.15, 0.2) is 12.1 Å². The molecule has 1 rings (SSSR count). The predicted molar refractivity (Wildman–Crippen MR) is 67.4 cm³/mol. The van der Waals surface area contributed by atoms with Crippen molar-refractivity contribution < 1.29 is 9.72 Å². The highest BCUT2D eigenvalue weighted by atomic mass is 79.9. The van der Waals surface area contributed by atoms with E-state index >= 15 is 0 Å². The normalized spacial score (nSPS) is 11.3. The monoisotopic (exact) mass is 303 g/mol. The van der Waals surface area contributed by atoms with Crippen LogP contribution in [0.1, 0.15) is 24.3 Å². The Morgan fingerprint density at radius 2 is 2.18 bits per heavy atom. The van der Waals surface area contributed by atoms with Gasteiger partial charge in [-0.25, -0.2) is 4.57 Å². The summed E-state index contributed by atoms with van der Waals surface area (Å²) in [6.45, 7) is 3.72. The summed E-state index contributed by atoms with van der Waals surface area (Å²) in [5.74, 6) is -0.433. The van der Waals surface area contributed by atoms with E-state index in [1.165, 1.54) is 23.7 Å². The van der Waals surface area contributed by atoms with Crippen LogP contribution >= 0.6 is 15.9 Å².